The molecule has 8 aromatic rings. The van der Waals surface area contributed by atoms with Crippen molar-refractivity contribution in [1.82, 2.24) is 47.9 Å². The number of carboxylic acids is 1. The van der Waals surface area contributed by atoms with Gasteiger partial charge in [0.25, 0.3) is 5.91 Å². The first kappa shape index (κ1) is 95.5. The number of hydrogen-bond donors (Lipinski definition) is 20. The van der Waals surface area contributed by atoms with Crippen molar-refractivity contribution < 1.29 is 127 Å². The number of aliphatic hydroxyl groups excluding tert-OH is 6. The monoisotopic (exact) mass is 1830 g/mol. The van der Waals surface area contributed by atoms with Gasteiger partial charge in [0.05, 0.1) is 62.0 Å². The minimum atomic E-state index is -2.38. The van der Waals surface area contributed by atoms with Gasteiger partial charge in [-0.05, 0) is 139 Å². The number of primary amides is 1. The molecule has 690 valence electrons. The predicted molar refractivity (Wildman–Crippen MR) is 468 cm³/mol. The number of amides is 8. The van der Waals surface area contributed by atoms with Crippen LogP contribution in [0.15, 0.2) is 158 Å². The highest BCUT2D eigenvalue weighted by atomic mass is 35.5. The van der Waals surface area contributed by atoms with Crippen molar-refractivity contribution in [2.24, 2.45) is 11.7 Å². The van der Waals surface area contributed by atoms with Gasteiger partial charge in [0.15, 0.2) is 29.9 Å². The maximum absolute atomic E-state index is 16.3. The number of aliphatic carboxylic acids is 1. The average molecular weight is 1830 g/mol. The zero-order valence-electron chi connectivity index (χ0n) is 71.6. The van der Waals surface area contributed by atoms with Crippen LogP contribution in [0.1, 0.15) is 133 Å². The second-order valence-corrected chi connectivity index (χ2v) is 35.0. The van der Waals surface area contributed by atoms with Crippen molar-refractivity contribution in [1.29, 1.82) is 0 Å². The molecule has 8 aromatic carbocycles. The lowest BCUT2D eigenvalue weighted by Gasteiger charge is -2.48. The number of nitrogens with two attached hydrogens (primary N) is 1. The molecular weight excluding hydrogens is 1730 g/mol. The first-order chi connectivity index (χ1) is 61.8. The SMILES string of the molecule is CN[C@H](CC(C)C)C(=O)N[C@H]1C(=O)N[C@@H](CC(N)=O)C(=O)N[C@H]2C(=O)N[C@H]3C(=O)N[C@H](C(=O)N[C@H](C(=O)O)c4cc(O)cc(O)c4-c4cc3ccc4O)[C@H](O)c3ccc(c(Cl)c3)Oc3cc2cc(c3O[C@@H]2O[C@H](CO)[C@@H](O)[C@H](O)[C@H]2O[C@H]2C[C@](C)(NCc3ccc(C(=O)NCCC[N+](C)(C)Cc4ccc(-c5ccccc5)cc4)cc3)[C@H](O)[C@H](C)O2)Oc2ccc(cc2Cl)[C@H]1O. The van der Waals surface area contributed by atoms with E-state index in [1.807, 2.05) is 32.0 Å². The molecule has 21 N–H and O–H groups in total. The van der Waals surface area contributed by atoms with Crippen molar-refractivity contribution in [3.05, 3.63) is 212 Å². The topological polar surface area (TPSA) is 546 Å². The molecule has 8 amide bonds. The van der Waals surface area contributed by atoms with Crippen LogP contribution in [-0.2, 0) is 65.7 Å². The van der Waals surface area contributed by atoms with Gasteiger partial charge in [-0.1, -0.05) is 122 Å². The average Bonchev–Trinajstić information content (AvgIpc) is 0.768. The maximum atomic E-state index is 16.3. The highest BCUT2D eigenvalue weighted by Gasteiger charge is 2.52. The molecule has 0 aliphatic carbocycles. The molecule has 18 atom stereocenters. The van der Waals surface area contributed by atoms with E-state index in [1.165, 1.54) is 24.7 Å². The van der Waals surface area contributed by atoms with Crippen molar-refractivity contribution in [3.8, 4) is 68.2 Å². The van der Waals surface area contributed by atoms with Crippen LogP contribution in [0.4, 0.5) is 0 Å². The molecule has 36 nitrogen and oxygen atoms in total. The second kappa shape index (κ2) is 40.5. The molecule has 7 heterocycles. The molecule has 130 heavy (non-hydrogen) atoms. The van der Waals surface area contributed by atoms with E-state index in [0.717, 1.165) is 90.9 Å². The number of ether oxygens (including phenoxy) is 6. The Labute approximate surface area is 756 Å². The Morgan fingerprint density at radius 2 is 1.28 bits per heavy atom. The predicted octanol–water partition coefficient (Wildman–Crippen LogP) is 5.00. The number of quaternary nitrogens is 1. The number of hydrogen-bond acceptors (Lipinski definition) is 26. The minimum Gasteiger partial charge on any atom is -0.508 e. The zero-order chi connectivity index (χ0) is 93.6. The third kappa shape index (κ3) is 21.8. The molecule has 15 rings (SSSR count). The van der Waals surface area contributed by atoms with Gasteiger partial charge in [-0.15, -0.1) is 0 Å². The summed E-state index contributed by atoms with van der Waals surface area (Å²) in [4.78, 5) is 132. The molecular formula is C92H104Cl2N11O25+. The number of nitrogens with one attached hydrogen (secondary N) is 9. The number of rotatable bonds is 24. The summed E-state index contributed by atoms with van der Waals surface area (Å²) in [5.74, 6) is -16.5. The van der Waals surface area contributed by atoms with Gasteiger partial charge in [-0.25, -0.2) is 4.79 Å². The second-order valence-electron chi connectivity index (χ2n) is 34.2. The Hall–Kier alpha value is -12.1. The van der Waals surface area contributed by atoms with Gasteiger partial charge in [0.2, 0.25) is 53.4 Å². The van der Waals surface area contributed by atoms with Gasteiger partial charge in [-0.3, -0.25) is 38.4 Å². The van der Waals surface area contributed by atoms with Gasteiger partial charge >= 0.3 is 5.97 Å². The van der Waals surface area contributed by atoms with Crippen LogP contribution in [0.5, 0.6) is 46.0 Å². The Kier molecular flexibility index (Phi) is 29.7. The van der Waals surface area contributed by atoms with E-state index >= 15 is 24.0 Å². The number of carboxylic acid groups (broad SMARTS) is 1. The lowest BCUT2D eigenvalue weighted by Crippen LogP contribution is -2.65. The number of likely N-dealkylation sites (N-methyl/N-ethyl adjacent to an activating group) is 1. The van der Waals surface area contributed by atoms with E-state index in [1.54, 1.807) is 38.1 Å². The molecule has 2 fully saturated rings. The number of nitrogens with zero attached hydrogens (tertiary/aromatic N) is 1. The zero-order valence-corrected chi connectivity index (χ0v) is 73.2. The number of carbonyl (C=O) groups is 9. The highest BCUT2D eigenvalue weighted by molar-refractivity contribution is 6.32. The number of halogens is 2. The van der Waals surface area contributed by atoms with E-state index in [2.05, 4.69) is 98.3 Å². The third-order valence-corrected chi connectivity index (χ3v) is 24.1. The van der Waals surface area contributed by atoms with Crippen LogP contribution in [0.2, 0.25) is 10.0 Å². The Morgan fingerprint density at radius 1 is 0.662 bits per heavy atom. The summed E-state index contributed by atoms with van der Waals surface area (Å²) < 4.78 is 40.3. The fourth-order valence-corrected chi connectivity index (χ4v) is 17.0. The van der Waals surface area contributed by atoms with Crippen LogP contribution < -0.4 is 67.8 Å². The molecule has 0 aromatic heterocycles. The number of aromatic hydroxyl groups is 3. The summed E-state index contributed by atoms with van der Waals surface area (Å²) in [6.07, 6.45) is -18.3. The van der Waals surface area contributed by atoms with Gasteiger partial charge < -0.3 is 138 Å². The Balaban J connectivity index is 0.876. The fraction of sp³-hybridized carbons (Fsp3) is 0.380. The highest BCUT2D eigenvalue weighted by Crippen LogP contribution is 2.50. The summed E-state index contributed by atoms with van der Waals surface area (Å²) in [6.45, 7) is 7.99. The minimum absolute atomic E-state index is 0.110. The first-order valence-corrected chi connectivity index (χ1v) is 42.8. The largest absolute Gasteiger partial charge is 0.508 e. The summed E-state index contributed by atoms with van der Waals surface area (Å²) in [5.41, 5.74) is 6.14. The molecule has 38 heteroatoms. The van der Waals surface area contributed by atoms with Crippen molar-refractivity contribution >= 4 is 76.4 Å². The van der Waals surface area contributed by atoms with E-state index in [0.29, 0.717) is 28.6 Å². The molecule has 11 bridgehead atoms. The summed E-state index contributed by atoms with van der Waals surface area (Å²) in [6, 6.07) is 24.7. The van der Waals surface area contributed by atoms with Crippen molar-refractivity contribution in [2.45, 2.75) is 176 Å². The van der Waals surface area contributed by atoms with Crippen LogP contribution >= 0.6 is 23.2 Å². The summed E-state index contributed by atoms with van der Waals surface area (Å²) >= 11 is 14.4. The van der Waals surface area contributed by atoms with Gasteiger partial charge in [0.1, 0.15) is 96.0 Å². The standard InChI is InChI=1S/C92H103Cl2N11O25/c1-43(2)30-59(96-5)84(117)103-74-76(111)51-23-26-63(57(93)32-51)126-65-34-53-35-66(80(65)130-91-81(79(114)78(113)67(42-106)128-91)129-69-39-92(4,82(115)44(3)125-69)98-40-45-14-20-49(21-15-45)83(116)97-28-11-29-105(6,7)41-46-16-18-48(19-17-46)47-12-9-8-10-13-47)127-64-27-24-52(33-58(64)94)77(112)75-89(122)102-73(90(123)124)56-36-54(107)37-62(109)70(56)55-31-50(22-25-61(55)108)71(86(119)104-75)101-87(120)72(53)100-85(118)60(38-68(95)110)99-88(74)121/h8-10,12-27,31-37,43-44,59-60,67,69,71-79,81-82,91,96,98,106,111-115H,11,28-30,38-42H2,1-7H3,(H12-,95,97,99,100,101,102,103,104,107,108,109,110,116,117,118,119,120,121,122,123,124)/p+1/t44-,59+,60-,67+,69-,71+,72+,73-,74+,75-,76+,77+,78+,79-,81+,82+,91-,92-/m0/s1. The quantitative estimate of drug-likeness (QED) is 0.0279. The maximum Gasteiger partial charge on any atom is 0.330 e. The van der Waals surface area contributed by atoms with Gasteiger partial charge in [0, 0.05) is 65.4 Å². The lowest BCUT2D eigenvalue weighted by atomic mass is 9.84. The lowest BCUT2D eigenvalue weighted by molar-refractivity contribution is -0.903. The molecule has 0 radical (unpaired) electrons. The van der Waals surface area contributed by atoms with E-state index in [4.69, 9.17) is 57.4 Å². The van der Waals surface area contributed by atoms with E-state index < -0.39 is 237 Å². The van der Waals surface area contributed by atoms with Crippen molar-refractivity contribution in [2.75, 3.05) is 40.8 Å². The smallest absolute Gasteiger partial charge is 0.330 e. The van der Waals surface area contributed by atoms with Crippen LogP contribution in [-0.4, -0.2) is 229 Å². The summed E-state index contributed by atoms with van der Waals surface area (Å²) in [5, 5.41) is 140. The molecule has 0 spiro atoms. The van der Waals surface area contributed by atoms with Gasteiger partial charge in [-0.2, -0.15) is 0 Å². The number of aliphatic hydroxyl groups is 6. The number of phenols is 3. The van der Waals surface area contributed by atoms with Crippen molar-refractivity contribution in [3.63, 3.8) is 0 Å². The van der Waals surface area contributed by atoms with E-state index in [-0.39, 0.29) is 58.7 Å². The third-order valence-electron chi connectivity index (χ3n) is 23.5. The fourth-order valence-electron chi connectivity index (χ4n) is 16.5. The molecule has 0 unspecified atom stereocenters. The molecule has 2 saturated heterocycles. The van der Waals surface area contributed by atoms with Crippen LogP contribution in [0.3, 0.4) is 0 Å². The number of carbonyl (C=O) groups excluding carboxylic acids is 8. The molecule has 7 aliphatic heterocycles. The van der Waals surface area contributed by atoms with Crippen LogP contribution in [0.25, 0.3) is 22.3 Å². The number of fused-ring (bicyclic) bond motifs is 15. The van der Waals surface area contributed by atoms with E-state index in [9.17, 15) is 70.2 Å². The van der Waals surface area contributed by atoms with Crippen LogP contribution in [0, 0.1) is 5.92 Å². The Morgan fingerprint density at radius 3 is 1.90 bits per heavy atom. The molecule has 0 saturated carbocycles. The number of phenolic OH excluding ortho intramolecular Hbond substituents is 3. The molecule has 7 aliphatic rings. The summed E-state index contributed by atoms with van der Waals surface area (Å²) in [7, 11) is 5.76. The number of benzene rings is 8. The normalized spacial score (nSPS) is 25.5. The Bertz CT molecular complexity index is 5570. The first-order valence-electron chi connectivity index (χ1n) is 42.0.